The summed E-state index contributed by atoms with van der Waals surface area (Å²) in [5, 5.41) is 3.22. The monoisotopic (exact) mass is 309 g/mol. The number of hydrogen-bond acceptors (Lipinski definition) is 3. The van der Waals surface area contributed by atoms with Gasteiger partial charge in [0.2, 0.25) is 11.8 Å². The van der Waals surface area contributed by atoms with Crippen molar-refractivity contribution >= 4 is 17.5 Å². The Hall–Kier alpha value is -2.66. The number of anilines is 1. The second-order valence-corrected chi connectivity index (χ2v) is 5.65. The molecule has 0 aromatic heterocycles. The van der Waals surface area contributed by atoms with Gasteiger partial charge in [-0.05, 0) is 17.7 Å². The van der Waals surface area contributed by atoms with E-state index in [0.29, 0.717) is 13.0 Å². The van der Waals surface area contributed by atoms with Crippen molar-refractivity contribution in [2.45, 2.75) is 18.5 Å². The first-order valence-electron chi connectivity index (χ1n) is 7.61. The van der Waals surface area contributed by atoms with Crippen molar-refractivity contribution in [2.24, 2.45) is 5.73 Å². The van der Waals surface area contributed by atoms with Gasteiger partial charge in [-0.3, -0.25) is 14.9 Å². The maximum atomic E-state index is 12.2. The van der Waals surface area contributed by atoms with Crippen molar-refractivity contribution in [1.82, 2.24) is 5.32 Å². The molecule has 2 atom stereocenters. The molecule has 2 aromatic carbocycles. The Bertz CT molecular complexity index is 688. The fraction of sp³-hybridized carbons (Fsp3) is 0.222. The predicted molar refractivity (Wildman–Crippen MR) is 88.7 cm³/mol. The molecule has 1 aliphatic rings. The van der Waals surface area contributed by atoms with Gasteiger partial charge < -0.3 is 10.6 Å². The number of para-hydroxylation sites is 1. The number of hydrogen-bond donors (Lipinski definition) is 2. The summed E-state index contributed by atoms with van der Waals surface area (Å²) < 4.78 is 0. The van der Waals surface area contributed by atoms with E-state index in [9.17, 15) is 9.59 Å². The number of primary amides is 1. The molecule has 0 radical (unpaired) electrons. The minimum Gasteiger partial charge on any atom is -0.368 e. The maximum absolute atomic E-state index is 12.2. The second kappa shape index (κ2) is 6.62. The number of carbonyl (C=O) groups excluding carboxylic acids is 2. The summed E-state index contributed by atoms with van der Waals surface area (Å²) in [6.45, 7) is 0.527. The lowest BCUT2D eigenvalue weighted by molar-refractivity contribution is -0.121. The highest BCUT2D eigenvalue weighted by Crippen LogP contribution is 2.23. The van der Waals surface area contributed by atoms with Crippen LogP contribution < -0.4 is 16.0 Å². The van der Waals surface area contributed by atoms with Crippen LogP contribution in [0.3, 0.4) is 0 Å². The zero-order valence-corrected chi connectivity index (χ0v) is 12.7. The van der Waals surface area contributed by atoms with E-state index in [4.69, 9.17) is 5.73 Å². The van der Waals surface area contributed by atoms with Gasteiger partial charge in [-0.1, -0.05) is 48.5 Å². The second-order valence-electron chi connectivity index (χ2n) is 5.65. The molecule has 118 valence electrons. The summed E-state index contributed by atoms with van der Waals surface area (Å²) in [7, 11) is 0. The van der Waals surface area contributed by atoms with Gasteiger partial charge in [-0.15, -0.1) is 0 Å². The van der Waals surface area contributed by atoms with Gasteiger partial charge in [0.05, 0.1) is 0 Å². The molecule has 3 rings (SSSR count). The van der Waals surface area contributed by atoms with E-state index in [1.165, 1.54) is 0 Å². The van der Waals surface area contributed by atoms with Crippen LogP contribution in [0.1, 0.15) is 18.0 Å². The largest absolute Gasteiger partial charge is 0.368 e. The number of nitrogens with zero attached hydrogens (tertiary/aromatic N) is 1. The predicted octanol–water partition coefficient (Wildman–Crippen LogP) is 1.61. The molecule has 0 aliphatic carbocycles. The molecule has 0 bridgehead atoms. The Kier molecular flexibility index (Phi) is 4.39. The van der Waals surface area contributed by atoms with E-state index in [1.54, 1.807) is 4.90 Å². The first-order chi connectivity index (χ1) is 11.1. The molecular weight excluding hydrogens is 290 g/mol. The van der Waals surface area contributed by atoms with Gasteiger partial charge in [-0.25, -0.2) is 0 Å². The van der Waals surface area contributed by atoms with Crippen LogP contribution in [-0.2, 0) is 9.59 Å². The van der Waals surface area contributed by atoms with Crippen LogP contribution >= 0.6 is 0 Å². The minimum absolute atomic E-state index is 0.0463. The Morgan fingerprint density at radius 3 is 2.30 bits per heavy atom. The molecule has 0 unspecified atom stereocenters. The van der Waals surface area contributed by atoms with Crippen LogP contribution in [0.4, 0.5) is 5.69 Å². The number of nitrogens with two attached hydrogens (primary N) is 1. The van der Waals surface area contributed by atoms with E-state index < -0.39 is 11.9 Å². The zero-order chi connectivity index (χ0) is 16.2. The van der Waals surface area contributed by atoms with E-state index in [0.717, 1.165) is 11.3 Å². The number of carbonyl (C=O) groups is 2. The molecule has 1 heterocycles. The minimum atomic E-state index is -0.593. The average Bonchev–Trinajstić information content (AvgIpc) is 2.94. The Morgan fingerprint density at radius 2 is 1.70 bits per heavy atom. The van der Waals surface area contributed by atoms with E-state index >= 15 is 0 Å². The van der Waals surface area contributed by atoms with Gasteiger partial charge in [-0.2, -0.15) is 0 Å². The van der Waals surface area contributed by atoms with Gasteiger partial charge in [0.25, 0.3) is 0 Å². The SMILES string of the molecule is NC(=O)[C@@H](N[C@@H]1CC(=O)N(c2ccccc2)C1)c1ccccc1. The Balaban J connectivity index is 1.73. The fourth-order valence-electron chi connectivity index (χ4n) is 2.90. The summed E-state index contributed by atoms with van der Waals surface area (Å²) in [6.07, 6.45) is 0.353. The molecule has 1 saturated heterocycles. The molecule has 1 fully saturated rings. The Labute approximate surface area is 135 Å². The van der Waals surface area contributed by atoms with Gasteiger partial charge in [0.1, 0.15) is 6.04 Å². The molecule has 1 aliphatic heterocycles. The smallest absolute Gasteiger partial charge is 0.239 e. The summed E-state index contributed by atoms with van der Waals surface area (Å²) in [6, 6.07) is 18.2. The van der Waals surface area contributed by atoms with Crippen LogP contribution in [0.25, 0.3) is 0 Å². The third-order valence-corrected chi connectivity index (χ3v) is 4.01. The normalized spacial score (nSPS) is 18.9. The molecule has 3 N–H and O–H groups in total. The molecule has 5 nitrogen and oxygen atoms in total. The summed E-state index contributed by atoms with van der Waals surface area (Å²) in [4.78, 5) is 25.8. The highest BCUT2D eigenvalue weighted by molar-refractivity contribution is 5.96. The highest BCUT2D eigenvalue weighted by Gasteiger charge is 2.33. The first kappa shape index (κ1) is 15.2. The van der Waals surface area contributed by atoms with Crippen LogP contribution in [0, 0.1) is 0 Å². The summed E-state index contributed by atoms with van der Waals surface area (Å²) >= 11 is 0. The summed E-state index contributed by atoms with van der Waals surface area (Å²) in [5.41, 5.74) is 7.21. The van der Waals surface area contributed by atoms with E-state index in [2.05, 4.69) is 5.32 Å². The topological polar surface area (TPSA) is 75.4 Å². The third-order valence-electron chi connectivity index (χ3n) is 4.01. The van der Waals surface area contributed by atoms with Crippen molar-refractivity contribution < 1.29 is 9.59 Å². The lowest BCUT2D eigenvalue weighted by atomic mass is 10.1. The van der Waals surface area contributed by atoms with Crippen molar-refractivity contribution in [3.8, 4) is 0 Å². The van der Waals surface area contributed by atoms with Crippen LogP contribution in [0.5, 0.6) is 0 Å². The van der Waals surface area contributed by atoms with Crippen LogP contribution in [0.15, 0.2) is 60.7 Å². The standard InChI is InChI=1S/C18H19N3O2/c19-18(23)17(13-7-3-1-4-8-13)20-14-11-16(22)21(12-14)15-9-5-2-6-10-15/h1-10,14,17,20H,11-12H2,(H2,19,23)/t14-,17+/m1/s1. The highest BCUT2D eigenvalue weighted by atomic mass is 16.2. The average molecular weight is 309 g/mol. The molecule has 5 heteroatoms. The number of amides is 2. The first-order valence-corrected chi connectivity index (χ1v) is 7.61. The third kappa shape index (κ3) is 3.40. The molecule has 0 spiro atoms. The van der Waals surface area contributed by atoms with Gasteiger partial charge in [0, 0.05) is 24.7 Å². The van der Waals surface area contributed by atoms with E-state index in [-0.39, 0.29) is 11.9 Å². The van der Waals surface area contributed by atoms with Gasteiger partial charge in [0.15, 0.2) is 0 Å². The maximum Gasteiger partial charge on any atom is 0.239 e. The van der Waals surface area contributed by atoms with E-state index in [1.807, 2.05) is 60.7 Å². The number of nitrogens with one attached hydrogen (secondary N) is 1. The number of benzene rings is 2. The lowest BCUT2D eigenvalue weighted by Gasteiger charge is -2.21. The lowest BCUT2D eigenvalue weighted by Crippen LogP contribution is -2.41. The van der Waals surface area contributed by atoms with Crippen LogP contribution in [0.2, 0.25) is 0 Å². The molecule has 2 aromatic rings. The zero-order valence-electron chi connectivity index (χ0n) is 12.7. The Morgan fingerprint density at radius 1 is 1.09 bits per heavy atom. The quantitative estimate of drug-likeness (QED) is 0.881. The van der Waals surface area contributed by atoms with Gasteiger partial charge >= 0.3 is 0 Å². The van der Waals surface area contributed by atoms with Crippen LogP contribution in [-0.4, -0.2) is 24.4 Å². The summed E-state index contributed by atoms with van der Waals surface area (Å²) in [5.74, 6) is -0.396. The van der Waals surface area contributed by atoms with Crippen molar-refractivity contribution in [1.29, 1.82) is 0 Å². The van der Waals surface area contributed by atoms with Crippen molar-refractivity contribution in [3.05, 3.63) is 66.2 Å². The van der Waals surface area contributed by atoms with Crippen molar-refractivity contribution in [2.75, 3.05) is 11.4 Å². The molecule has 2 amide bonds. The molecular formula is C18H19N3O2. The van der Waals surface area contributed by atoms with Crippen molar-refractivity contribution in [3.63, 3.8) is 0 Å². The number of rotatable bonds is 5. The molecule has 23 heavy (non-hydrogen) atoms. The molecule has 0 saturated carbocycles. The fourth-order valence-corrected chi connectivity index (χ4v) is 2.90.